The van der Waals surface area contributed by atoms with Crippen LogP contribution in [0.15, 0.2) is 29.2 Å². The van der Waals surface area contributed by atoms with Crippen molar-refractivity contribution in [3.8, 4) is 5.75 Å². The maximum absolute atomic E-state index is 8.69. The third-order valence-corrected chi connectivity index (χ3v) is 2.53. The zero-order valence-electron chi connectivity index (χ0n) is 7.69. The summed E-state index contributed by atoms with van der Waals surface area (Å²) < 4.78 is 5.43. The summed E-state index contributed by atoms with van der Waals surface area (Å²) >= 11 is 1.61. The average Bonchev–Trinajstić information content (AvgIpc) is 2.17. The second-order valence-electron chi connectivity index (χ2n) is 2.45. The highest BCUT2D eigenvalue weighted by Crippen LogP contribution is 2.28. The van der Waals surface area contributed by atoms with Gasteiger partial charge in [-0.15, -0.1) is 11.8 Å². The first-order chi connectivity index (χ1) is 6.38. The molecule has 0 aliphatic carbocycles. The maximum atomic E-state index is 8.69. The van der Waals surface area contributed by atoms with Crippen molar-refractivity contribution in [1.29, 1.82) is 0 Å². The summed E-state index contributed by atoms with van der Waals surface area (Å²) in [5, 5.41) is 8.69. The Bertz CT molecular complexity index is 250. The second-order valence-corrected chi connectivity index (χ2v) is 3.59. The van der Waals surface area contributed by atoms with Gasteiger partial charge in [0, 0.05) is 10.6 Å². The van der Waals surface area contributed by atoms with Crippen LogP contribution in [-0.4, -0.2) is 24.1 Å². The van der Waals surface area contributed by atoms with Gasteiger partial charge in [-0.05, 0) is 19.1 Å². The molecule has 0 saturated carbocycles. The SMILES string of the molecule is CCOc1ccccc1SCCO. The number of aliphatic hydroxyl groups is 1. The summed E-state index contributed by atoms with van der Waals surface area (Å²) in [4.78, 5) is 1.10. The molecule has 0 fully saturated rings. The Morgan fingerprint density at radius 2 is 2.15 bits per heavy atom. The van der Waals surface area contributed by atoms with E-state index in [-0.39, 0.29) is 6.61 Å². The zero-order valence-corrected chi connectivity index (χ0v) is 8.51. The molecule has 0 unspecified atom stereocenters. The molecule has 1 rings (SSSR count). The van der Waals surface area contributed by atoms with Gasteiger partial charge in [0.05, 0.1) is 13.2 Å². The number of hydrogen-bond acceptors (Lipinski definition) is 3. The molecule has 1 aromatic rings. The van der Waals surface area contributed by atoms with Crippen LogP contribution in [0.1, 0.15) is 6.92 Å². The number of thioether (sulfide) groups is 1. The van der Waals surface area contributed by atoms with E-state index in [1.54, 1.807) is 11.8 Å². The molecule has 0 spiro atoms. The largest absolute Gasteiger partial charge is 0.493 e. The van der Waals surface area contributed by atoms with E-state index in [1.807, 2.05) is 31.2 Å². The van der Waals surface area contributed by atoms with Crippen LogP contribution in [0.2, 0.25) is 0 Å². The summed E-state index contributed by atoms with van der Waals surface area (Å²) in [7, 11) is 0. The third-order valence-electron chi connectivity index (χ3n) is 1.50. The van der Waals surface area contributed by atoms with Crippen molar-refractivity contribution in [3.05, 3.63) is 24.3 Å². The van der Waals surface area contributed by atoms with E-state index in [4.69, 9.17) is 9.84 Å². The minimum absolute atomic E-state index is 0.200. The molecular weight excluding hydrogens is 184 g/mol. The van der Waals surface area contributed by atoms with Gasteiger partial charge < -0.3 is 9.84 Å². The predicted octanol–water partition coefficient (Wildman–Crippen LogP) is 2.17. The molecule has 2 nitrogen and oxygen atoms in total. The highest BCUT2D eigenvalue weighted by atomic mass is 32.2. The van der Waals surface area contributed by atoms with Crippen molar-refractivity contribution in [2.75, 3.05) is 19.0 Å². The lowest BCUT2D eigenvalue weighted by Crippen LogP contribution is -1.94. The van der Waals surface area contributed by atoms with E-state index in [1.165, 1.54) is 0 Å². The number of hydrogen-bond donors (Lipinski definition) is 1. The molecule has 0 heterocycles. The van der Waals surface area contributed by atoms with Crippen molar-refractivity contribution in [1.82, 2.24) is 0 Å². The summed E-state index contributed by atoms with van der Waals surface area (Å²) in [6.07, 6.45) is 0. The molecule has 0 bridgehead atoms. The number of aliphatic hydroxyl groups excluding tert-OH is 1. The van der Waals surface area contributed by atoms with E-state index in [2.05, 4.69) is 0 Å². The fraction of sp³-hybridized carbons (Fsp3) is 0.400. The summed E-state index contributed by atoms with van der Waals surface area (Å²) in [5.74, 6) is 1.62. The lowest BCUT2D eigenvalue weighted by molar-refractivity contribution is 0.322. The molecule has 0 atom stereocenters. The van der Waals surface area contributed by atoms with E-state index < -0.39 is 0 Å². The monoisotopic (exact) mass is 198 g/mol. The molecule has 0 aliphatic heterocycles. The van der Waals surface area contributed by atoms with Crippen LogP contribution in [-0.2, 0) is 0 Å². The molecule has 13 heavy (non-hydrogen) atoms. The van der Waals surface area contributed by atoms with Gasteiger partial charge in [-0.25, -0.2) is 0 Å². The van der Waals surface area contributed by atoms with Crippen LogP contribution in [0.4, 0.5) is 0 Å². The molecule has 1 aromatic carbocycles. The van der Waals surface area contributed by atoms with Gasteiger partial charge in [0.2, 0.25) is 0 Å². The van der Waals surface area contributed by atoms with Crippen molar-refractivity contribution < 1.29 is 9.84 Å². The van der Waals surface area contributed by atoms with Gasteiger partial charge in [-0.3, -0.25) is 0 Å². The molecule has 0 amide bonds. The number of rotatable bonds is 5. The number of para-hydroxylation sites is 1. The Labute approximate surface area is 82.9 Å². The van der Waals surface area contributed by atoms with Crippen LogP contribution in [0.5, 0.6) is 5.75 Å². The maximum Gasteiger partial charge on any atom is 0.132 e. The normalized spacial score (nSPS) is 10.0. The van der Waals surface area contributed by atoms with E-state index in [0.717, 1.165) is 10.6 Å². The third kappa shape index (κ3) is 3.28. The zero-order chi connectivity index (χ0) is 9.52. The van der Waals surface area contributed by atoms with E-state index in [0.29, 0.717) is 12.4 Å². The van der Waals surface area contributed by atoms with E-state index >= 15 is 0 Å². The summed E-state index contributed by atoms with van der Waals surface area (Å²) in [5.41, 5.74) is 0. The van der Waals surface area contributed by atoms with Crippen LogP contribution in [0, 0.1) is 0 Å². The lowest BCUT2D eigenvalue weighted by atomic mass is 10.3. The summed E-state index contributed by atoms with van der Waals surface area (Å²) in [6, 6.07) is 7.88. The minimum atomic E-state index is 0.200. The number of ether oxygens (including phenoxy) is 1. The van der Waals surface area contributed by atoms with Gasteiger partial charge in [-0.1, -0.05) is 12.1 Å². The molecule has 0 saturated heterocycles. The molecule has 72 valence electrons. The average molecular weight is 198 g/mol. The van der Waals surface area contributed by atoms with Crippen LogP contribution in [0.25, 0.3) is 0 Å². The van der Waals surface area contributed by atoms with Crippen molar-refractivity contribution in [2.45, 2.75) is 11.8 Å². The Kier molecular flexibility index (Phi) is 4.72. The fourth-order valence-electron chi connectivity index (χ4n) is 1.000. The molecule has 1 N–H and O–H groups in total. The van der Waals surface area contributed by atoms with Gasteiger partial charge in [-0.2, -0.15) is 0 Å². The molecule has 0 aromatic heterocycles. The van der Waals surface area contributed by atoms with Gasteiger partial charge in [0.1, 0.15) is 5.75 Å². The highest BCUT2D eigenvalue weighted by Gasteiger charge is 2.01. The van der Waals surface area contributed by atoms with Crippen molar-refractivity contribution in [3.63, 3.8) is 0 Å². The summed E-state index contributed by atoms with van der Waals surface area (Å²) in [6.45, 7) is 2.84. The quantitative estimate of drug-likeness (QED) is 0.735. The van der Waals surface area contributed by atoms with Crippen LogP contribution >= 0.6 is 11.8 Å². The Hall–Kier alpha value is -0.670. The Balaban J connectivity index is 2.66. The first-order valence-electron chi connectivity index (χ1n) is 4.34. The highest BCUT2D eigenvalue weighted by molar-refractivity contribution is 7.99. The predicted molar refractivity (Wildman–Crippen MR) is 55.4 cm³/mol. The molecular formula is C10H14O2S. The lowest BCUT2D eigenvalue weighted by Gasteiger charge is -2.08. The molecule has 0 radical (unpaired) electrons. The first-order valence-corrected chi connectivity index (χ1v) is 5.32. The molecule has 3 heteroatoms. The van der Waals surface area contributed by atoms with E-state index in [9.17, 15) is 0 Å². The fourth-order valence-corrected chi connectivity index (χ4v) is 1.75. The Morgan fingerprint density at radius 3 is 2.85 bits per heavy atom. The molecule has 0 aliphatic rings. The number of benzene rings is 1. The topological polar surface area (TPSA) is 29.5 Å². The first kappa shape index (κ1) is 10.4. The van der Waals surface area contributed by atoms with Gasteiger partial charge in [0.25, 0.3) is 0 Å². The van der Waals surface area contributed by atoms with Crippen molar-refractivity contribution >= 4 is 11.8 Å². The van der Waals surface area contributed by atoms with Gasteiger partial charge >= 0.3 is 0 Å². The van der Waals surface area contributed by atoms with Crippen LogP contribution in [0.3, 0.4) is 0 Å². The second kappa shape index (κ2) is 5.89. The van der Waals surface area contributed by atoms with Gasteiger partial charge in [0.15, 0.2) is 0 Å². The standard InChI is InChI=1S/C10H14O2S/c1-2-12-9-5-3-4-6-10(9)13-8-7-11/h3-6,11H,2,7-8H2,1H3. The Morgan fingerprint density at radius 1 is 1.38 bits per heavy atom. The minimum Gasteiger partial charge on any atom is -0.493 e. The van der Waals surface area contributed by atoms with Crippen LogP contribution < -0.4 is 4.74 Å². The van der Waals surface area contributed by atoms with Crippen molar-refractivity contribution in [2.24, 2.45) is 0 Å². The smallest absolute Gasteiger partial charge is 0.132 e.